The van der Waals surface area contributed by atoms with Crippen LogP contribution in [0.5, 0.6) is 0 Å². The van der Waals surface area contributed by atoms with Crippen molar-refractivity contribution in [2.75, 3.05) is 44.9 Å². The normalized spacial score (nSPS) is 12.6. The number of hydrogen-bond donors (Lipinski definition) is 2. The fourth-order valence-electron chi connectivity index (χ4n) is 2.21. The summed E-state index contributed by atoms with van der Waals surface area (Å²) in [6, 6.07) is 9.71. The highest BCUT2D eigenvalue weighted by Gasteiger charge is 2.11. The molecule has 170 valence electrons. The molecule has 6 heteroatoms. The van der Waals surface area contributed by atoms with Crippen LogP contribution in [0.3, 0.4) is 0 Å². The van der Waals surface area contributed by atoms with E-state index in [-0.39, 0.29) is 11.5 Å². The number of carbonyl (C=O) groups excluding carboxylic acids is 1. The first-order chi connectivity index (χ1) is 14.6. The molecule has 1 amide bonds. The van der Waals surface area contributed by atoms with E-state index < -0.39 is 0 Å². The summed E-state index contributed by atoms with van der Waals surface area (Å²) < 4.78 is 5.32. The zero-order valence-electron chi connectivity index (χ0n) is 19.7. The number of unbranched alkanes of at least 4 members (excludes halogenated alkanes) is 1. The van der Waals surface area contributed by atoms with E-state index >= 15 is 0 Å². The highest BCUT2D eigenvalue weighted by Crippen LogP contribution is 2.18. The van der Waals surface area contributed by atoms with Gasteiger partial charge in [-0.25, -0.2) is 0 Å². The van der Waals surface area contributed by atoms with Gasteiger partial charge in [-0.1, -0.05) is 59.6 Å². The molecule has 1 heterocycles. The number of rotatable bonds is 5. The minimum Gasteiger partial charge on any atom is -0.396 e. The van der Waals surface area contributed by atoms with Crippen molar-refractivity contribution in [1.29, 1.82) is 5.26 Å². The van der Waals surface area contributed by atoms with E-state index in [9.17, 15) is 4.79 Å². The van der Waals surface area contributed by atoms with Gasteiger partial charge in [-0.15, -0.1) is 0 Å². The lowest BCUT2D eigenvalue weighted by Gasteiger charge is -2.28. The second-order valence-electron chi connectivity index (χ2n) is 6.22. The van der Waals surface area contributed by atoms with Crippen molar-refractivity contribution < 1.29 is 14.6 Å². The van der Waals surface area contributed by atoms with Crippen molar-refractivity contribution in [3.8, 4) is 6.07 Å². The maximum absolute atomic E-state index is 11.4. The zero-order valence-corrected chi connectivity index (χ0v) is 19.7. The molecule has 0 saturated carbocycles. The fourth-order valence-corrected chi connectivity index (χ4v) is 2.21. The standard InChI is InChI=1S/C15H17N3O2.C4H10O.C3H8.C2H6/c1-17-15(19)13(11-16)10-12-2-4-14(5-3-12)18-6-8-20-9-7-18;1-2-3-4-5;1-3-2;1-2/h2-5,10H,6-9H2,1H3,(H,17,19);5H,2-4H2,1H3;3H2,1-2H3;1-2H3/b13-10+;;;. The number of nitriles is 1. The van der Waals surface area contributed by atoms with Crippen LogP contribution < -0.4 is 10.2 Å². The maximum atomic E-state index is 11.4. The summed E-state index contributed by atoms with van der Waals surface area (Å²) >= 11 is 0. The minimum atomic E-state index is -0.371. The van der Waals surface area contributed by atoms with Crippen LogP contribution in [-0.4, -0.2) is 51.0 Å². The van der Waals surface area contributed by atoms with E-state index in [1.165, 1.54) is 13.5 Å². The Labute approximate surface area is 183 Å². The Morgan fingerprint density at radius 1 is 1.20 bits per heavy atom. The molecule has 6 nitrogen and oxygen atoms in total. The summed E-state index contributed by atoms with van der Waals surface area (Å²) in [4.78, 5) is 13.7. The summed E-state index contributed by atoms with van der Waals surface area (Å²) in [7, 11) is 1.51. The molecule has 0 unspecified atom stereocenters. The van der Waals surface area contributed by atoms with Crippen molar-refractivity contribution in [3.63, 3.8) is 0 Å². The van der Waals surface area contributed by atoms with Crippen LogP contribution in [0.2, 0.25) is 0 Å². The van der Waals surface area contributed by atoms with Gasteiger partial charge in [-0.05, 0) is 30.2 Å². The molecule has 2 N–H and O–H groups in total. The first-order valence-corrected chi connectivity index (χ1v) is 10.9. The number of nitrogens with zero attached hydrogens (tertiary/aromatic N) is 2. The maximum Gasteiger partial charge on any atom is 0.261 e. The highest BCUT2D eigenvalue weighted by molar-refractivity contribution is 6.01. The molecule has 1 aromatic carbocycles. The van der Waals surface area contributed by atoms with Crippen molar-refractivity contribution >= 4 is 17.7 Å². The number of ether oxygens (including phenoxy) is 1. The first kappa shape index (κ1) is 29.8. The predicted octanol–water partition coefficient (Wildman–Crippen LogP) is 4.40. The molecular formula is C24H41N3O3. The largest absolute Gasteiger partial charge is 0.396 e. The Morgan fingerprint density at radius 2 is 1.73 bits per heavy atom. The summed E-state index contributed by atoms with van der Waals surface area (Å²) in [5.41, 5.74) is 2.07. The van der Waals surface area contributed by atoms with Gasteiger partial charge in [0.2, 0.25) is 0 Å². The Bertz CT molecular complexity index is 599. The molecule has 0 bridgehead atoms. The number of amides is 1. The summed E-state index contributed by atoms with van der Waals surface area (Å²) in [6.45, 7) is 13.9. The molecule has 1 fully saturated rings. The molecule has 1 aromatic rings. The number of benzene rings is 1. The molecule has 0 aromatic heterocycles. The second kappa shape index (κ2) is 21.4. The third-order valence-corrected chi connectivity index (χ3v) is 3.68. The van der Waals surface area contributed by atoms with Crippen LogP contribution in [0.4, 0.5) is 5.69 Å². The van der Waals surface area contributed by atoms with Gasteiger partial charge in [0.25, 0.3) is 5.91 Å². The molecule has 1 aliphatic heterocycles. The third-order valence-electron chi connectivity index (χ3n) is 3.68. The molecule has 0 spiro atoms. The monoisotopic (exact) mass is 419 g/mol. The fraction of sp³-hybridized carbons (Fsp3) is 0.583. The van der Waals surface area contributed by atoms with Gasteiger partial charge < -0.3 is 20.1 Å². The Balaban J connectivity index is 0. The van der Waals surface area contributed by atoms with Crippen LogP contribution in [0.1, 0.15) is 59.4 Å². The quantitative estimate of drug-likeness (QED) is 0.546. The number of anilines is 1. The van der Waals surface area contributed by atoms with Crippen LogP contribution in [-0.2, 0) is 9.53 Å². The average Bonchev–Trinajstić information content (AvgIpc) is 2.81. The van der Waals surface area contributed by atoms with Crippen LogP contribution in [0, 0.1) is 11.3 Å². The van der Waals surface area contributed by atoms with Crippen molar-refractivity contribution in [2.45, 2.75) is 53.9 Å². The van der Waals surface area contributed by atoms with Gasteiger partial charge in [0.1, 0.15) is 11.6 Å². The summed E-state index contributed by atoms with van der Waals surface area (Å²) in [6.07, 6.45) is 4.87. The number of carbonyl (C=O) groups is 1. The van der Waals surface area contributed by atoms with E-state index in [0.717, 1.165) is 50.4 Å². The van der Waals surface area contributed by atoms with Gasteiger partial charge in [-0.2, -0.15) is 5.26 Å². The number of aliphatic hydroxyl groups excluding tert-OH is 1. The number of hydrogen-bond acceptors (Lipinski definition) is 5. The Morgan fingerprint density at radius 3 is 2.10 bits per heavy atom. The molecule has 30 heavy (non-hydrogen) atoms. The van der Waals surface area contributed by atoms with Gasteiger partial charge >= 0.3 is 0 Å². The van der Waals surface area contributed by atoms with Gasteiger partial charge in [-0.3, -0.25) is 4.79 Å². The van der Waals surface area contributed by atoms with Crippen molar-refractivity contribution in [3.05, 3.63) is 35.4 Å². The third kappa shape index (κ3) is 13.8. The van der Waals surface area contributed by atoms with E-state index in [1.807, 2.05) is 44.2 Å². The smallest absolute Gasteiger partial charge is 0.261 e. The number of likely N-dealkylation sites (N-methyl/N-ethyl adjacent to an activating group) is 1. The molecule has 2 rings (SSSR count). The SMILES string of the molecule is CC.CCC.CCCCO.CNC(=O)/C(C#N)=C/c1ccc(N2CCOCC2)cc1. The number of aliphatic hydroxyl groups is 1. The van der Waals surface area contributed by atoms with E-state index in [1.54, 1.807) is 6.08 Å². The van der Waals surface area contributed by atoms with E-state index in [0.29, 0.717) is 6.61 Å². The minimum absolute atomic E-state index is 0.103. The summed E-state index contributed by atoms with van der Waals surface area (Å²) in [5.74, 6) is -0.371. The zero-order chi connectivity index (χ0) is 23.2. The van der Waals surface area contributed by atoms with Crippen molar-refractivity contribution in [1.82, 2.24) is 5.32 Å². The van der Waals surface area contributed by atoms with Crippen molar-refractivity contribution in [2.24, 2.45) is 0 Å². The van der Waals surface area contributed by atoms with Gasteiger partial charge in [0, 0.05) is 32.4 Å². The molecular weight excluding hydrogens is 378 g/mol. The van der Waals surface area contributed by atoms with Crippen LogP contribution >= 0.6 is 0 Å². The van der Waals surface area contributed by atoms with Crippen LogP contribution in [0.25, 0.3) is 6.08 Å². The highest BCUT2D eigenvalue weighted by atomic mass is 16.5. The first-order valence-electron chi connectivity index (χ1n) is 10.9. The summed E-state index contributed by atoms with van der Waals surface area (Å²) in [5, 5.41) is 19.5. The van der Waals surface area contributed by atoms with E-state index in [2.05, 4.69) is 31.0 Å². The molecule has 1 aliphatic rings. The Hall–Kier alpha value is -2.36. The topological polar surface area (TPSA) is 85.6 Å². The number of morpholine rings is 1. The lowest BCUT2D eigenvalue weighted by atomic mass is 10.1. The van der Waals surface area contributed by atoms with Gasteiger partial charge in [0.15, 0.2) is 0 Å². The second-order valence-corrected chi connectivity index (χ2v) is 6.22. The Kier molecular flexibility index (Phi) is 21.2. The van der Waals surface area contributed by atoms with Crippen LogP contribution in [0.15, 0.2) is 29.8 Å². The molecule has 0 atom stereocenters. The van der Waals surface area contributed by atoms with E-state index in [4.69, 9.17) is 15.1 Å². The van der Waals surface area contributed by atoms with Gasteiger partial charge in [0.05, 0.1) is 13.2 Å². The average molecular weight is 420 g/mol. The molecule has 0 aliphatic carbocycles. The molecule has 0 radical (unpaired) electrons. The number of nitrogens with one attached hydrogen (secondary N) is 1. The lowest BCUT2D eigenvalue weighted by Crippen LogP contribution is -2.36. The molecule has 1 saturated heterocycles. The lowest BCUT2D eigenvalue weighted by molar-refractivity contribution is -0.116. The predicted molar refractivity (Wildman–Crippen MR) is 126 cm³/mol.